The molecule has 32 heavy (non-hydrogen) atoms. The zero-order valence-electron chi connectivity index (χ0n) is 17.7. The average Bonchev–Trinajstić information content (AvgIpc) is 2.78. The molecule has 4 N–H and O–H groups in total. The van der Waals surface area contributed by atoms with E-state index >= 15 is 0 Å². The van der Waals surface area contributed by atoms with Gasteiger partial charge in [0.15, 0.2) is 11.6 Å². The Hall–Kier alpha value is -3.98. The molecule has 1 aromatic heterocycles. The Balaban J connectivity index is 1.78. The van der Waals surface area contributed by atoms with Crippen LogP contribution in [0.3, 0.4) is 0 Å². The van der Waals surface area contributed by atoms with Gasteiger partial charge in [0.1, 0.15) is 11.9 Å². The van der Waals surface area contributed by atoms with Crippen LogP contribution < -0.4 is 20.7 Å². The lowest BCUT2D eigenvalue weighted by Gasteiger charge is -2.16. The minimum atomic E-state index is -0.638. The molecule has 0 fully saturated rings. The number of benzene rings is 2. The second kappa shape index (κ2) is 10.4. The summed E-state index contributed by atoms with van der Waals surface area (Å²) >= 11 is 0. The molecule has 0 saturated carbocycles. The van der Waals surface area contributed by atoms with Gasteiger partial charge in [0, 0.05) is 23.1 Å². The van der Waals surface area contributed by atoms with Gasteiger partial charge in [-0.05, 0) is 49.8 Å². The van der Waals surface area contributed by atoms with Gasteiger partial charge in [-0.1, -0.05) is 18.7 Å². The van der Waals surface area contributed by atoms with Gasteiger partial charge in [-0.25, -0.2) is 9.37 Å². The van der Waals surface area contributed by atoms with Crippen LogP contribution >= 0.6 is 0 Å². The molecule has 166 valence electrons. The number of aromatic nitrogens is 2. The van der Waals surface area contributed by atoms with Gasteiger partial charge in [-0.2, -0.15) is 4.98 Å². The van der Waals surface area contributed by atoms with E-state index in [1.165, 1.54) is 0 Å². The molecule has 3 rings (SSSR count). The lowest BCUT2D eigenvalue weighted by Crippen LogP contribution is -2.16. The Morgan fingerprint density at radius 3 is 2.72 bits per heavy atom. The van der Waals surface area contributed by atoms with Crippen LogP contribution in [0.5, 0.6) is 5.75 Å². The van der Waals surface area contributed by atoms with Gasteiger partial charge in [0.2, 0.25) is 11.9 Å². The molecule has 0 aliphatic heterocycles. The topological polar surface area (TPSA) is 108 Å². The maximum absolute atomic E-state index is 14.3. The van der Waals surface area contributed by atoms with Crippen molar-refractivity contribution in [1.29, 1.82) is 0 Å². The Kier molecular flexibility index (Phi) is 7.35. The summed E-state index contributed by atoms with van der Waals surface area (Å²) in [4.78, 5) is 19.7. The van der Waals surface area contributed by atoms with Gasteiger partial charge >= 0.3 is 0 Å². The van der Waals surface area contributed by atoms with Gasteiger partial charge in [0.25, 0.3) is 0 Å². The largest absolute Gasteiger partial charge is 0.488 e. The molecule has 0 unspecified atom stereocenters. The number of nitrogens with zero attached hydrogens (tertiary/aromatic N) is 2. The first kappa shape index (κ1) is 22.7. The van der Waals surface area contributed by atoms with E-state index in [0.29, 0.717) is 22.8 Å². The van der Waals surface area contributed by atoms with Crippen molar-refractivity contribution in [3.63, 3.8) is 0 Å². The molecule has 0 saturated heterocycles. The normalized spacial score (nSPS) is 11.4. The lowest BCUT2D eigenvalue weighted by molar-refractivity contribution is -0.111. The van der Waals surface area contributed by atoms with Crippen molar-refractivity contribution < 1.29 is 19.0 Å². The van der Waals surface area contributed by atoms with E-state index in [9.17, 15) is 14.3 Å². The van der Waals surface area contributed by atoms with E-state index < -0.39 is 5.82 Å². The highest BCUT2D eigenvalue weighted by Gasteiger charge is 2.11. The van der Waals surface area contributed by atoms with Crippen LogP contribution in [0.15, 0.2) is 61.3 Å². The number of nitrogens with one attached hydrogen (secondary N) is 3. The summed E-state index contributed by atoms with van der Waals surface area (Å²) < 4.78 is 20.0. The number of ether oxygens (including phenoxy) is 1. The number of hydrogen-bond donors (Lipinski definition) is 4. The van der Waals surface area contributed by atoms with E-state index in [0.717, 1.165) is 17.8 Å². The van der Waals surface area contributed by atoms with Crippen molar-refractivity contribution in [2.45, 2.75) is 20.0 Å². The fourth-order valence-corrected chi connectivity index (χ4v) is 2.71. The number of halogens is 1. The molecular formula is C23H24FN5O3. The molecule has 0 aliphatic carbocycles. The number of amides is 1. The molecule has 0 spiro atoms. The number of anilines is 5. The van der Waals surface area contributed by atoms with Crippen molar-refractivity contribution in [1.82, 2.24) is 9.97 Å². The van der Waals surface area contributed by atoms with E-state index in [-0.39, 0.29) is 30.4 Å². The summed E-state index contributed by atoms with van der Waals surface area (Å²) in [5, 5.41) is 17.8. The maximum Gasteiger partial charge on any atom is 0.247 e. The molecule has 0 bridgehead atoms. The van der Waals surface area contributed by atoms with Crippen molar-refractivity contribution >= 4 is 34.7 Å². The summed E-state index contributed by atoms with van der Waals surface area (Å²) in [5.41, 5.74) is 2.60. The number of aliphatic hydroxyl groups is 1. The molecule has 1 heterocycles. The van der Waals surface area contributed by atoms with Crippen molar-refractivity contribution in [2.24, 2.45) is 0 Å². The van der Waals surface area contributed by atoms with Crippen LogP contribution in [0, 0.1) is 12.7 Å². The number of carbonyl (C=O) groups excluding carboxylic acids is 1. The number of aliphatic hydroxyl groups excluding tert-OH is 1. The third-order valence-electron chi connectivity index (χ3n) is 4.35. The molecule has 2 aromatic carbocycles. The smallest absolute Gasteiger partial charge is 0.247 e. The highest BCUT2D eigenvalue weighted by Crippen LogP contribution is 2.26. The summed E-state index contributed by atoms with van der Waals surface area (Å²) in [5.74, 6) is -0.241. The lowest BCUT2D eigenvalue weighted by atomic mass is 10.2. The van der Waals surface area contributed by atoms with Crippen molar-refractivity contribution in [3.8, 4) is 5.75 Å². The summed E-state index contributed by atoms with van der Waals surface area (Å²) in [7, 11) is 0. The second-order valence-electron chi connectivity index (χ2n) is 7.01. The molecule has 8 nitrogen and oxygen atoms in total. The van der Waals surface area contributed by atoms with Gasteiger partial charge in [-0.3, -0.25) is 4.79 Å². The maximum atomic E-state index is 14.3. The Labute approximate surface area is 185 Å². The first-order valence-electron chi connectivity index (χ1n) is 9.86. The summed E-state index contributed by atoms with van der Waals surface area (Å²) in [6.45, 7) is 6.96. The van der Waals surface area contributed by atoms with E-state index in [1.807, 2.05) is 19.1 Å². The van der Waals surface area contributed by atoms with Crippen molar-refractivity contribution in [2.75, 3.05) is 22.6 Å². The Morgan fingerprint density at radius 1 is 1.22 bits per heavy atom. The third-order valence-corrected chi connectivity index (χ3v) is 4.35. The molecule has 1 amide bonds. The zero-order valence-corrected chi connectivity index (χ0v) is 17.7. The molecule has 1 atom stereocenters. The van der Waals surface area contributed by atoms with Crippen LogP contribution in [0.4, 0.5) is 33.2 Å². The van der Waals surface area contributed by atoms with E-state index in [4.69, 9.17) is 4.74 Å². The molecule has 3 aromatic rings. The molecule has 9 heteroatoms. The summed E-state index contributed by atoms with van der Waals surface area (Å²) in [6.07, 6.45) is 1.86. The second-order valence-corrected chi connectivity index (χ2v) is 7.01. The molecule has 0 aliphatic rings. The minimum Gasteiger partial charge on any atom is -0.488 e. The number of rotatable bonds is 9. The van der Waals surface area contributed by atoms with Crippen molar-refractivity contribution in [3.05, 3.63) is 72.7 Å². The van der Waals surface area contributed by atoms with E-state index in [1.54, 1.807) is 37.3 Å². The van der Waals surface area contributed by atoms with Crippen LogP contribution in [0.25, 0.3) is 0 Å². The standard InChI is InChI=1S/C23H24FN5O3/c1-4-21(31)26-16-6-5-7-17(10-16)27-22-19(24)12-25-23(29-22)28-18-9-8-14(2)20(11-18)32-15(3)13-30/h4-12,15,30H,1,13H2,2-3H3,(H,26,31)(H2,25,27,28,29)/t15-/m1/s1. The van der Waals surface area contributed by atoms with Crippen LogP contribution in [-0.4, -0.2) is 33.7 Å². The fraction of sp³-hybridized carbons (Fsp3) is 0.174. The predicted octanol–water partition coefficient (Wildman–Crippen LogP) is 4.30. The van der Waals surface area contributed by atoms with Crippen LogP contribution in [0.2, 0.25) is 0 Å². The highest BCUT2D eigenvalue weighted by atomic mass is 19.1. The third kappa shape index (κ3) is 6.02. The average molecular weight is 437 g/mol. The minimum absolute atomic E-state index is 0.0350. The van der Waals surface area contributed by atoms with Gasteiger partial charge < -0.3 is 25.8 Å². The monoisotopic (exact) mass is 437 g/mol. The highest BCUT2D eigenvalue weighted by molar-refractivity contribution is 5.99. The first-order valence-corrected chi connectivity index (χ1v) is 9.86. The fourth-order valence-electron chi connectivity index (χ4n) is 2.71. The van der Waals surface area contributed by atoms with Gasteiger partial charge in [-0.15, -0.1) is 0 Å². The van der Waals surface area contributed by atoms with Gasteiger partial charge in [0.05, 0.1) is 12.8 Å². The van der Waals surface area contributed by atoms with Crippen LogP contribution in [-0.2, 0) is 4.79 Å². The quantitative estimate of drug-likeness (QED) is 0.370. The zero-order chi connectivity index (χ0) is 23.1. The number of hydrogen-bond acceptors (Lipinski definition) is 7. The van der Waals surface area contributed by atoms with Crippen LogP contribution in [0.1, 0.15) is 12.5 Å². The first-order chi connectivity index (χ1) is 15.4. The molecular weight excluding hydrogens is 413 g/mol. The Morgan fingerprint density at radius 2 is 1.97 bits per heavy atom. The van der Waals surface area contributed by atoms with E-state index in [2.05, 4.69) is 32.5 Å². The number of carbonyl (C=O) groups is 1. The molecule has 0 radical (unpaired) electrons. The Bertz CT molecular complexity index is 1120. The number of aryl methyl sites for hydroxylation is 1. The summed E-state index contributed by atoms with van der Waals surface area (Å²) in [6, 6.07) is 12.2. The predicted molar refractivity (Wildman–Crippen MR) is 122 cm³/mol. The SMILES string of the molecule is C=CC(=O)Nc1cccc(Nc2nc(Nc3ccc(C)c(O[C@H](C)CO)c3)ncc2F)c1.